The van der Waals surface area contributed by atoms with Gasteiger partial charge in [0.25, 0.3) is 0 Å². The molecule has 30 heavy (non-hydrogen) atoms. The zero-order valence-corrected chi connectivity index (χ0v) is 19.3. The molecule has 0 spiro atoms. The number of hydrogen-bond donors (Lipinski definition) is 3. The molecule has 1 amide bonds. The summed E-state index contributed by atoms with van der Waals surface area (Å²) in [6.45, 7) is 15.4. The lowest BCUT2D eigenvalue weighted by molar-refractivity contribution is 0.0529. The average molecular weight is 423 g/mol. The number of guanidine groups is 1. The van der Waals surface area contributed by atoms with Crippen molar-refractivity contribution < 1.29 is 19.0 Å². The maximum atomic E-state index is 11.7. The van der Waals surface area contributed by atoms with Crippen LogP contribution >= 0.6 is 0 Å². The van der Waals surface area contributed by atoms with E-state index in [1.54, 1.807) is 0 Å². The van der Waals surface area contributed by atoms with Gasteiger partial charge in [-0.2, -0.15) is 0 Å². The number of nitrogens with one attached hydrogen (secondary N) is 3. The minimum absolute atomic E-state index is 0.426. The van der Waals surface area contributed by atoms with Crippen LogP contribution in [-0.4, -0.2) is 57.1 Å². The zero-order chi connectivity index (χ0) is 22.4. The van der Waals surface area contributed by atoms with Gasteiger partial charge in [-0.05, 0) is 53.2 Å². The Morgan fingerprint density at radius 1 is 1.07 bits per heavy atom. The first kappa shape index (κ1) is 25.6. The van der Waals surface area contributed by atoms with Crippen LogP contribution in [0.2, 0.25) is 0 Å². The molecule has 0 aliphatic heterocycles. The number of ether oxygens (including phenoxy) is 3. The fourth-order valence-corrected chi connectivity index (χ4v) is 2.45. The molecular weight excluding hydrogens is 384 g/mol. The molecule has 0 aliphatic carbocycles. The van der Waals surface area contributed by atoms with Crippen molar-refractivity contribution in [2.45, 2.75) is 53.7 Å². The Balaban J connectivity index is 2.60. The second-order valence-corrected chi connectivity index (χ2v) is 7.71. The van der Waals surface area contributed by atoms with E-state index >= 15 is 0 Å². The van der Waals surface area contributed by atoms with Crippen molar-refractivity contribution in [2.75, 3.05) is 39.5 Å². The van der Waals surface area contributed by atoms with Crippen molar-refractivity contribution >= 4 is 12.1 Å². The van der Waals surface area contributed by atoms with E-state index in [1.807, 2.05) is 59.7 Å². The summed E-state index contributed by atoms with van der Waals surface area (Å²) in [5, 5.41) is 9.13. The summed E-state index contributed by atoms with van der Waals surface area (Å²) in [5.74, 6) is 1.49. The molecule has 0 radical (unpaired) electrons. The molecule has 0 unspecified atom stereocenters. The van der Waals surface area contributed by atoms with Crippen molar-refractivity contribution in [3.8, 4) is 5.75 Å². The number of nitrogens with zero attached hydrogens (tertiary/aromatic N) is 1. The second kappa shape index (κ2) is 13.7. The highest BCUT2D eigenvalue weighted by atomic mass is 16.6. The van der Waals surface area contributed by atoms with Crippen molar-refractivity contribution in [1.29, 1.82) is 0 Å². The molecule has 0 bridgehead atoms. The number of hydrogen-bond acceptors (Lipinski definition) is 5. The van der Waals surface area contributed by atoms with Crippen LogP contribution < -0.4 is 20.7 Å². The molecule has 1 rings (SSSR count). The van der Waals surface area contributed by atoms with Crippen LogP contribution in [0.4, 0.5) is 4.79 Å². The van der Waals surface area contributed by atoms with Crippen molar-refractivity contribution in [1.82, 2.24) is 16.0 Å². The molecule has 0 saturated heterocycles. The van der Waals surface area contributed by atoms with E-state index in [0.29, 0.717) is 45.4 Å². The normalized spacial score (nSPS) is 11.7. The van der Waals surface area contributed by atoms with Crippen molar-refractivity contribution in [3.63, 3.8) is 0 Å². The number of aryl methyl sites for hydroxylation is 1. The van der Waals surface area contributed by atoms with Crippen molar-refractivity contribution in [3.05, 3.63) is 29.3 Å². The Labute approximate surface area is 180 Å². The van der Waals surface area contributed by atoms with Gasteiger partial charge in [-0.1, -0.05) is 12.1 Å². The third-order valence-corrected chi connectivity index (χ3v) is 3.75. The number of rotatable bonds is 11. The Hall–Kier alpha value is -2.48. The first-order valence-corrected chi connectivity index (χ1v) is 10.5. The lowest BCUT2D eigenvalue weighted by Gasteiger charge is -2.20. The molecule has 0 fully saturated rings. The quantitative estimate of drug-likeness (QED) is 0.288. The van der Waals surface area contributed by atoms with Crippen LogP contribution in [0.3, 0.4) is 0 Å². The molecule has 0 heterocycles. The van der Waals surface area contributed by atoms with Crippen LogP contribution in [0.5, 0.6) is 5.75 Å². The SMILES string of the molecule is CCNC(=NCc1ccc(C)cc1OCCOCC)NCCNC(=O)OC(C)(C)C. The predicted molar refractivity (Wildman–Crippen MR) is 120 cm³/mol. The highest BCUT2D eigenvalue weighted by molar-refractivity contribution is 5.79. The van der Waals surface area contributed by atoms with Gasteiger partial charge in [-0.3, -0.25) is 0 Å². The largest absolute Gasteiger partial charge is 0.491 e. The first-order chi connectivity index (χ1) is 14.2. The average Bonchev–Trinajstić information content (AvgIpc) is 2.66. The third kappa shape index (κ3) is 11.5. The van der Waals surface area contributed by atoms with Crippen molar-refractivity contribution in [2.24, 2.45) is 4.99 Å². The second-order valence-electron chi connectivity index (χ2n) is 7.71. The summed E-state index contributed by atoms with van der Waals surface area (Å²) < 4.78 is 16.4. The van der Waals surface area contributed by atoms with Crippen LogP contribution in [0.15, 0.2) is 23.2 Å². The highest BCUT2D eigenvalue weighted by Crippen LogP contribution is 2.21. The monoisotopic (exact) mass is 422 g/mol. The fraction of sp³-hybridized carbons (Fsp3) is 0.636. The van der Waals surface area contributed by atoms with Gasteiger partial charge in [0, 0.05) is 31.8 Å². The smallest absolute Gasteiger partial charge is 0.407 e. The summed E-state index contributed by atoms with van der Waals surface area (Å²) >= 11 is 0. The third-order valence-electron chi connectivity index (χ3n) is 3.75. The lowest BCUT2D eigenvalue weighted by Crippen LogP contribution is -2.42. The van der Waals surface area contributed by atoms with Gasteiger partial charge >= 0.3 is 6.09 Å². The predicted octanol–water partition coefficient (Wildman–Crippen LogP) is 2.99. The highest BCUT2D eigenvalue weighted by Gasteiger charge is 2.15. The Morgan fingerprint density at radius 2 is 1.80 bits per heavy atom. The van der Waals surface area contributed by atoms with Gasteiger partial charge in [0.1, 0.15) is 18.0 Å². The molecule has 8 heteroatoms. The number of carbonyl (C=O) groups is 1. The Bertz CT molecular complexity index is 672. The molecule has 8 nitrogen and oxygen atoms in total. The van der Waals surface area contributed by atoms with Gasteiger partial charge in [0.15, 0.2) is 5.96 Å². The Morgan fingerprint density at radius 3 is 2.47 bits per heavy atom. The van der Waals surface area contributed by atoms with Crippen LogP contribution in [0, 0.1) is 6.92 Å². The first-order valence-electron chi connectivity index (χ1n) is 10.5. The van der Waals surface area contributed by atoms with E-state index in [4.69, 9.17) is 14.2 Å². The maximum absolute atomic E-state index is 11.7. The standard InChI is InChI=1S/C22H38N4O4/c1-7-23-20(24-11-12-25-21(27)30-22(4,5)6)26-16-18-10-9-17(3)15-19(18)29-14-13-28-8-2/h9-10,15H,7-8,11-14,16H2,1-6H3,(H,25,27)(H2,23,24,26). The maximum Gasteiger partial charge on any atom is 0.407 e. The molecular formula is C22H38N4O4. The topological polar surface area (TPSA) is 93.2 Å². The van der Waals surface area contributed by atoms with Gasteiger partial charge < -0.3 is 30.2 Å². The summed E-state index contributed by atoms with van der Waals surface area (Å²) in [7, 11) is 0. The summed E-state index contributed by atoms with van der Waals surface area (Å²) in [6.07, 6.45) is -0.431. The number of carbonyl (C=O) groups excluding carboxylic acids is 1. The number of alkyl carbamates (subject to hydrolysis) is 1. The van der Waals surface area contributed by atoms with E-state index in [-0.39, 0.29) is 0 Å². The zero-order valence-electron chi connectivity index (χ0n) is 19.3. The summed E-state index contributed by atoms with van der Waals surface area (Å²) in [5.41, 5.74) is 1.62. The molecule has 3 N–H and O–H groups in total. The van der Waals surface area contributed by atoms with Crippen LogP contribution in [-0.2, 0) is 16.0 Å². The lowest BCUT2D eigenvalue weighted by atomic mass is 10.1. The molecule has 0 aliphatic rings. The fourth-order valence-electron chi connectivity index (χ4n) is 2.45. The minimum Gasteiger partial charge on any atom is -0.491 e. The van der Waals surface area contributed by atoms with E-state index in [0.717, 1.165) is 23.4 Å². The molecule has 1 aromatic rings. The summed E-state index contributed by atoms with van der Waals surface area (Å²) in [4.78, 5) is 16.3. The van der Waals surface area contributed by atoms with Gasteiger partial charge in [-0.15, -0.1) is 0 Å². The van der Waals surface area contributed by atoms with Crippen LogP contribution in [0.1, 0.15) is 45.7 Å². The van der Waals surface area contributed by atoms with E-state index < -0.39 is 11.7 Å². The molecule has 0 saturated carbocycles. The van der Waals surface area contributed by atoms with Gasteiger partial charge in [-0.25, -0.2) is 9.79 Å². The molecule has 1 aromatic carbocycles. The molecule has 0 atom stereocenters. The van der Waals surface area contributed by atoms with Crippen LogP contribution in [0.25, 0.3) is 0 Å². The molecule has 170 valence electrons. The Kier molecular flexibility index (Phi) is 11.7. The van der Waals surface area contributed by atoms with Gasteiger partial charge in [0.2, 0.25) is 0 Å². The number of aliphatic imine (C=N–C) groups is 1. The number of amides is 1. The summed E-state index contributed by atoms with van der Waals surface area (Å²) in [6, 6.07) is 6.09. The minimum atomic E-state index is -0.510. The number of benzene rings is 1. The van der Waals surface area contributed by atoms with Gasteiger partial charge in [0.05, 0.1) is 13.2 Å². The van der Waals surface area contributed by atoms with E-state index in [2.05, 4.69) is 20.9 Å². The molecule has 0 aromatic heterocycles. The van der Waals surface area contributed by atoms with E-state index in [9.17, 15) is 4.79 Å². The van der Waals surface area contributed by atoms with E-state index in [1.165, 1.54) is 0 Å².